The number of likely N-dealkylation sites (tertiary alicyclic amines) is 1. The van der Waals surface area contributed by atoms with Gasteiger partial charge in [-0.25, -0.2) is 0 Å². The van der Waals surface area contributed by atoms with Crippen molar-refractivity contribution in [1.82, 2.24) is 14.8 Å². The molecular weight excluding hydrogens is 334 g/mol. The molecule has 4 heteroatoms. The summed E-state index contributed by atoms with van der Waals surface area (Å²) in [5.74, 6) is 1.75. The van der Waals surface area contributed by atoms with Crippen LogP contribution in [-0.2, 0) is 13.0 Å². The zero-order valence-corrected chi connectivity index (χ0v) is 17.0. The minimum absolute atomic E-state index is 0.742. The molecular formula is C23H33N3O. The quantitative estimate of drug-likeness (QED) is 0.710. The maximum Gasteiger partial charge on any atom is 0.122 e. The van der Waals surface area contributed by atoms with Gasteiger partial charge in [-0.1, -0.05) is 24.3 Å². The average molecular weight is 368 g/mol. The molecule has 3 rings (SSSR count). The second-order valence-corrected chi connectivity index (χ2v) is 7.84. The van der Waals surface area contributed by atoms with Gasteiger partial charge in [0.05, 0.1) is 12.8 Å². The number of aromatic nitrogens is 1. The number of para-hydroxylation sites is 1. The summed E-state index contributed by atoms with van der Waals surface area (Å²) < 4.78 is 5.49. The van der Waals surface area contributed by atoms with Gasteiger partial charge in [-0.05, 0) is 69.5 Å². The van der Waals surface area contributed by atoms with E-state index in [-0.39, 0.29) is 0 Å². The molecule has 0 bridgehead atoms. The molecule has 1 atom stereocenters. The van der Waals surface area contributed by atoms with E-state index >= 15 is 0 Å². The molecule has 2 heterocycles. The Bertz CT molecular complexity index is 718. The Hall–Kier alpha value is -1.91. The molecule has 0 spiro atoms. The van der Waals surface area contributed by atoms with Crippen LogP contribution in [0.4, 0.5) is 0 Å². The highest BCUT2D eigenvalue weighted by Crippen LogP contribution is 2.21. The smallest absolute Gasteiger partial charge is 0.122 e. The van der Waals surface area contributed by atoms with Crippen LogP contribution in [0.2, 0.25) is 0 Å². The van der Waals surface area contributed by atoms with Crippen LogP contribution in [0, 0.1) is 12.8 Å². The summed E-state index contributed by atoms with van der Waals surface area (Å²) in [7, 11) is 3.98. The van der Waals surface area contributed by atoms with Crippen LogP contribution in [0.15, 0.2) is 42.5 Å². The third-order valence-electron chi connectivity index (χ3n) is 5.44. The Kier molecular flexibility index (Phi) is 7.25. The molecule has 0 saturated carbocycles. The summed E-state index contributed by atoms with van der Waals surface area (Å²) in [5.41, 5.74) is 3.58. The zero-order chi connectivity index (χ0) is 19.1. The summed E-state index contributed by atoms with van der Waals surface area (Å²) in [4.78, 5) is 9.69. The van der Waals surface area contributed by atoms with Crippen molar-refractivity contribution in [3.8, 4) is 5.75 Å². The van der Waals surface area contributed by atoms with Crippen LogP contribution < -0.4 is 4.74 Å². The van der Waals surface area contributed by atoms with E-state index in [2.05, 4.69) is 65.2 Å². The number of pyridine rings is 1. The molecule has 27 heavy (non-hydrogen) atoms. The third-order valence-corrected chi connectivity index (χ3v) is 5.44. The summed E-state index contributed by atoms with van der Waals surface area (Å²) in [6, 6.07) is 14.7. The lowest BCUT2D eigenvalue weighted by Gasteiger charge is -2.34. The summed E-state index contributed by atoms with van der Waals surface area (Å²) in [6.07, 6.45) is 3.68. The fourth-order valence-electron chi connectivity index (χ4n) is 4.16. The minimum Gasteiger partial charge on any atom is -0.496 e. The molecule has 0 N–H and O–H groups in total. The van der Waals surface area contributed by atoms with E-state index in [9.17, 15) is 0 Å². The molecule has 2 aromatic rings. The number of rotatable bonds is 8. The molecule has 1 saturated heterocycles. The van der Waals surface area contributed by atoms with Crippen molar-refractivity contribution in [2.24, 2.45) is 5.92 Å². The monoisotopic (exact) mass is 367 g/mol. The average Bonchev–Trinajstić information content (AvgIpc) is 2.67. The van der Waals surface area contributed by atoms with Crippen LogP contribution in [0.5, 0.6) is 5.75 Å². The van der Waals surface area contributed by atoms with Crippen molar-refractivity contribution in [3.05, 3.63) is 59.4 Å². The van der Waals surface area contributed by atoms with E-state index in [1.54, 1.807) is 7.11 Å². The lowest BCUT2D eigenvalue weighted by molar-refractivity contribution is 0.141. The highest BCUT2D eigenvalue weighted by atomic mass is 16.5. The molecule has 1 aromatic carbocycles. The first-order valence-electron chi connectivity index (χ1n) is 10.1. The zero-order valence-electron chi connectivity index (χ0n) is 17.0. The van der Waals surface area contributed by atoms with Gasteiger partial charge in [0.2, 0.25) is 0 Å². The molecule has 0 amide bonds. The first kappa shape index (κ1) is 19.8. The number of benzene rings is 1. The van der Waals surface area contributed by atoms with Crippen LogP contribution in [0.1, 0.15) is 29.8 Å². The van der Waals surface area contributed by atoms with Crippen LogP contribution in [0.3, 0.4) is 0 Å². The van der Waals surface area contributed by atoms with Gasteiger partial charge in [0.15, 0.2) is 0 Å². The van der Waals surface area contributed by atoms with E-state index in [0.29, 0.717) is 0 Å². The van der Waals surface area contributed by atoms with Crippen LogP contribution in [0.25, 0.3) is 0 Å². The van der Waals surface area contributed by atoms with Crippen molar-refractivity contribution < 1.29 is 4.74 Å². The van der Waals surface area contributed by atoms with Gasteiger partial charge in [-0.15, -0.1) is 0 Å². The Morgan fingerprint density at radius 2 is 2.04 bits per heavy atom. The molecule has 0 aliphatic carbocycles. The summed E-state index contributed by atoms with van der Waals surface area (Å²) in [5, 5.41) is 0. The van der Waals surface area contributed by atoms with Gasteiger partial charge >= 0.3 is 0 Å². The highest BCUT2D eigenvalue weighted by molar-refractivity contribution is 5.33. The first-order chi connectivity index (χ1) is 13.1. The van der Waals surface area contributed by atoms with Gasteiger partial charge in [0.25, 0.3) is 0 Å². The lowest BCUT2D eigenvalue weighted by atomic mass is 9.97. The highest BCUT2D eigenvalue weighted by Gasteiger charge is 2.21. The van der Waals surface area contributed by atoms with Gasteiger partial charge in [-0.3, -0.25) is 4.98 Å². The molecule has 1 aliphatic heterocycles. The van der Waals surface area contributed by atoms with Gasteiger partial charge in [-0.2, -0.15) is 0 Å². The Morgan fingerprint density at radius 3 is 2.85 bits per heavy atom. The summed E-state index contributed by atoms with van der Waals surface area (Å²) >= 11 is 0. The Balaban J connectivity index is 1.47. The number of aryl methyl sites for hydroxylation is 1. The van der Waals surface area contributed by atoms with E-state index in [1.807, 2.05) is 6.07 Å². The predicted molar refractivity (Wildman–Crippen MR) is 111 cm³/mol. The van der Waals surface area contributed by atoms with Gasteiger partial charge < -0.3 is 14.5 Å². The van der Waals surface area contributed by atoms with Crippen molar-refractivity contribution in [1.29, 1.82) is 0 Å². The van der Waals surface area contributed by atoms with E-state index in [1.165, 1.54) is 37.2 Å². The minimum atomic E-state index is 0.742. The SMILES string of the molecule is COc1ccccc1CCN1CCCC(CN(C)Cc2cccc(C)n2)C1. The standard InChI is InChI=1S/C23H33N3O/c1-19-8-6-11-22(24-19)18-25(2)16-20-9-7-14-26(17-20)15-13-21-10-4-5-12-23(21)27-3/h4-6,8,10-12,20H,7,9,13-18H2,1-3H3. The van der Waals surface area contributed by atoms with E-state index in [0.717, 1.165) is 43.4 Å². The first-order valence-corrected chi connectivity index (χ1v) is 10.1. The van der Waals surface area contributed by atoms with Crippen LogP contribution >= 0.6 is 0 Å². The Morgan fingerprint density at radius 1 is 1.19 bits per heavy atom. The number of methoxy groups -OCH3 is 1. The maximum atomic E-state index is 5.49. The van der Waals surface area contributed by atoms with E-state index in [4.69, 9.17) is 4.74 Å². The molecule has 146 valence electrons. The molecule has 1 aliphatic rings. The molecule has 4 nitrogen and oxygen atoms in total. The molecule has 0 radical (unpaired) electrons. The van der Waals surface area contributed by atoms with Crippen molar-refractivity contribution >= 4 is 0 Å². The fourth-order valence-corrected chi connectivity index (χ4v) is 4.16. The van der Waals surface area contributed by atoms with Crippen molar-refractivity contribution in [2.45, 2.75) is 32.7 Å². The number of ether oxygens (including phenoxy) is 1. The fraction of sp³-hybridized carbons (Fsp3) is 0.522. The van der Waals surface area contributed by atoms with Crippen molar-refractivity contribution in [3.63, 3.8) is 0 Å². The van der Waals surface area contributed by atoms with Crippen molar-refractivity contribution in [2.75, 3.05) is 40.3 Å². The largest absolute Gasteiger partial charge is 0.496 e. The molecule has 1 fully saturated rings. The summed E-state index contributed by atoms with van der Waals surface area (Å²) in [6.45, 7) is 7.65. The predicted octanol–water partition coefficient (Wildman–Crippen LogP) is 3.79. The van der Waals surface area contributed by atoms with Gasteiger partial charge in [0, 0.05) is 31.9 Å². The van der Waals surface area contributed by atoms with Crippen LogP contribution in [-0.4, -0.2) is 55.1 Å². The second-order valence-electron chi connectivity index (χ2n) is 7.84. The lowest BCUT2D eigenvalue weighted by Crippen LogP contribution is -2.40. The normalized spacial score (nSPS) is 18.0. The third kappa shape index (κ3) is 6.05. The number of hydrogen-bond donors (Lipinski definition) is 0. The maximum absolute atomic E-state index is 5.49. The topological polar surface area (TPSA) is 28.6 Å². The molecule has 1 unspecified atom stereocenters. The Labute approximate surface area is 164 Å². The van der Waals surface area contributed by atoms with Gasteiger partial charge in [0.1, 0.15) is 5.75 Å². The molecule has 1 aromatic heterocycles. The second kappa shape index (κ2) is 9.86. The number of hydrogen-bond acceptors (Lipinski definition) is 4. The number of nitrogens with zero attached hydrogens (tertiary/aromatic N) is 3. The van der Waals surface area contributed by atoms with E-state index < -0.39 is 0 Å². The number of piperidine rings is 1.